The molecule has 0 saturated carbocycles. The maximum absolute atomic E-state index is 12.3. The van der Waals surface area contributed by atoms with E-state index in [9.17, 15) is 19.5 Å². The standard InChI is InChI=1S/C24H25NO8S/c1-31-17-11-7-16(8-12-17)19(33-22(28)4-2-3-21(26)27)14-32-18-9-5-15(6-10-18)13-20-23(29)25-24(30)34-20/h5-12,19,29H,2-4,13-14H2,1H3,(H,25,30)(H,26,27)/t19-/m1/s1. The van der Waals surface area contributed by atoms with E-state index in [-0.39, 0.29) is 36.6 Å². The number of aromatic hydroxyl groups is 1. The Morgan fingerprint density at radius 2 is 1.71 bits per heavy atom. The Balaban J connectivity index is 1.63. The number of H-pyrrole nitrogens is 1. The summed E-state index contributed by atoms with van der Waals surface area (Å²) in [6.07, 6.45) is -0.222. The smallest absolute Gasteiger partial charge is 0.307 e. The third-order valence-corrected chi connectivity index (χ3v) is 5.79. The van der Waals surface area contributed by atoms with E-state index in [1.807, 2.05) is 12.1 Å². The van der Waals surface area contributed by atoms with Gasteiger partial charge in [0.25, 0.3) is 0 Å². The van der Waals surface area contributed by atoms with Crippen molar-refractivity contribution in [3.63, 3.8) is 0 Å². The number of thiazole rings is 1. The van der Waals surface area contributed by atoms with Crippen LogP contribution in [-0.4, -0.2) is 40.9 Å². The number of nitrogens with one attached hydrogen (secondary N) is 1. The molecule has 34 heavy (non-hydrogen) atoms. The molecule has 3 aromatic rings. The van der Waals surface area contributed by atoms with Gasteiger partial charge in [0.2, 0.25) is 5.88 Å². The maximum atomic E-state index is 12.3. The largest absolute Gasteiger partial charge is 0.497 e. The lowest BCUT2D eigenvalue weighted by Gasteiger charge is -2.19. The molecule has 0 radical (unpaired) electrons. The number of aromatic amines is 1. The minimum Gasteiger partial charge on any atom is -0.497 e. The van der Waals surface area contributed by atoms with E-state index in [1.165, 1.54) is 0 Å². The van der Waals surface area contributed by atoms with Gasteiger partial charge in [-0.3, -0.25) is 19.4 Å². The van der Waals surface area contributed by atoms with Crippen LogP contribution in [0.1, 0.15) is 41.4 Å². The first-order valence-electron chi connectivity index (χ1n) is 10.5. The molecular weight excluding hydrogens is 462 g/mol. The van der Waals surface area contributed by atoms with Gasteiger partial charge in [0.15, 0.2) is 6.10 Å². The first-order chi connectivity index (χ1) is 16.3. The Hall–Kier alpha value is -3.79. The number of ether oxygens (including phenoxy) is 3. The van der Waals surface area contributed by atoms with Gasteiger partial charge in [0.1, 0.15) is 18.1 Å². The van der Waals surface area contributed by atoms with Crippen LogP contribution in [-0.2, 0) is 20.7 Å². The van der Waals surface area contributed by atoms with Crippen molar-refractivity contribution in [2.45, 2.75) is 31.8 Å². The molecule has 0 aliphatic heterocycles. The minimum absolute atomic E-state index is 0.00821. The highest BCUT2D eigenvalue weighted by molar-refractivity contribution is 7.09. The van der Waals surface area contributed by atoms with Gasteiger partial charge in [-0.05, 0) is 41.8 Å². The average molecular weight is 488 g/mol. The molecule has 1 heterocycles. The third kappa shape index (κ3) is 7.38. The fourth-order valence-corrected chi connectivity index (χ4v) is 3.91. The summed E-state index contributed by atoms with van der Waals surface area (Å²) in [5.74, 6) is -0.387. The minimum atomic E-state index is -0.966. The Morgan fingerprint density at radius 3 is 2.29 bits per heavy atom. The van der Waals surface area contributed by atoms with Gasteiger partial charge in [-0.25, -0.2) is 0 Å². The SMILES string of the molecule is COc1ccc([C@@H](COc2ccc(Cc3sc(=O)[nH]c3O)cc2)OC(=O)CCCC(=O)O)cc1. The number of aliphatic carboxylic acids is 1. The number of carbonyl (C=O) groups excluding carboxylic acids is 1. The van der Waals surface area contributed by atoms with E-state index in [0.717, 1.165) is 16.9 Å². The van der Waals surface area contributed by atoms with E-state index in [0.29, 0.717) is 28.4 Å². The summed E-state index contributed by atoms with van der Waals surface area (Å²) >= 11 is 0.958. The first-order valence-corrected chi connectivity index (χ1v) is 11.3. The zero-order valence-corrected chi connectivity index (χ0v) is 19.3. The number of carboxylic acid groups (broad SMARTS) is 1. The predicted octanol–water partition coefficient (Wildman–Crippen LogP) is 3.66. The van der Waals surface area contributed by atoms with Gasteiger partial charge < -0.3 is 24.4 Å². The second kappa shape index (κ2) is 11.9. The summed E-state index contributed by atoms with van der Waals surface area (Å²) in [6.45, 7) is 0.0521. The number of hydrogen-bond acceptors (Lipinski definition) is 8. The summed E-state index contributed by atoms with van der Waals surface area (Å²) in [6, 6.07) is 14.2. The predicted molar refractivity (Wildman–Crippen MR) is 125 cm³/mol. The molecule has 2 aromatic carbocycles. The summed E-state index contributed by atoms with van der Waals surface area (Å²) in [5, 5.41) is 18.5. The monoisotopic (exact) mass is 487 g/mol. The molecule has 9 nitrogen and oxygen atoms in total. The number of aromatic nitrogens is 1. The number of carboxylic acids is 1. The van der Waals surface area contributed by atoms with E-state index >= 15 is 0 Å². The number of methoxy groups -OCH3 is 1. The number of carbonyl (C=O) groups is 2. The van der Waals surface area contributed by atoms with Crippen molar-refractivity contribution in [2.24, 2.45) is 0 Å². The third-order valence-electron chi connectivity index (χ3n) is 4.92. The van der Waals surface area contributed by atoms with Crippen molar-refractivity contribution in [3.8, 4) is 17.4 Å². The van der Waals surface area contributed by atoms with Crippen molar-refractivity contribution >= 4 is 23.3 Å². The Kier molecular flexibility index (Phi) is 8.69. The van der Waals surface area contributed by atoms with Crippen LogP contribution in [0.5, 0.6) is 17.4 Å². The van der Waals surface area contributed by atoms with Gasteiger partial charge in [0, 0.05) is 19.3 Å². The fourth-order valence-electron chi connectivity index (χ4n) is 3.15. The molecule has 0 unspecified atom stereocenters. The fraction of sp³-hybridized carbons (Fsp3) is 0.292. The number of benzene rings is 2. The number of hydrogen-bond donors (Lipinski definition) is 3. The highest BCUT2D eigenvalue weighted by Gasteiger charge is 2.19. The van der Waals surface area contributed by atoms with Gasteiger partial charge in [-0.1, -0.05) is 35.6 Å². The molecule has 3 rings (SSSR count). The van der Waals surface area contributed by atoms with Gasteiger partial charge >= 0.3 is 16.8 Å². The number of esters is 1. The maximum Gasteiger partial charge on any atom is 0.307 e. The van der Waals surface area contributed by atoms with Gasteiger partial charge in [-0.15, -0.1) is 0 Å². The molecule has 1 aromatic heterocycles. The molecule has 10 heteroatoms. The first kappa shape index (κ1) is 24.8. The molecule has 0 amide bonds. The van der Waals surface area contributed by atoms with Crippen LogP contribution in [0.25, 0.3) is 0 Å². The van der Waals surface area contributed by atoms with Crippen LogP contribution in [0.15, 0.2) is 53.3 Å². The summed E-state index contributed by atoms with van der Waals surface area (Å²) in [5.41, 5.74) is 1.59. The molecule has 0 aliphatic carbocycles. The van der Waals surface area contributed by atoms with Gasteiger partial charge in [-0.2, -0.15) is 0 Å². The molecule has 1 atom stereocenters. The van der Waals surface area contributed by atoms with E-state index in [1.54, 1.807) is 43.5 Å². The zero-order valence-electron chi connectivity index (χ0n) is 18.5. The van der Waals surface area contributed by atoms with Crippen molar-refractivity contribution in [1.82, 2.24) is 4.98 Å². The van der Waals surface area contributed by atoms with E-state index in [4.69, 9.17) is 19.3 Å². The quantitative estimate of drug-likeness (QED) is 0.330. The Labute approximate surface area is 199 Å². The lowest BCUT2D eigenvalue weighted by atomic mass is 10.1. The highest BCUT2D eigenvalue weighted by atomic mass is 32.1. The lowest BCUT2D eigenvalue weighted by molar-refractivity contribution is -0.151. The second-order valence-corrected chi connectivity index (χ2v) is 8.48. The zero-order chi connectivity index (χ0) is 24.5. The van der Waals surface area contributed by atoms with E-state index < -0.39 is 18.0 Å². The normalized spacial score (nSPS) is 11.6. The molecule has 0 aliphatic rings. The summed E-state index contributed by atoms with van der Waals surface area (Å²) < 4.78 is 16.6. The molecular formula is C24H25NO8S. The van der Waals surface area contributed by atoms with E-state index in [2.05, 4.69) is 4.98 Å². The number of rotatable bonds is 12. The Morgan fingerprint density at radius 1 is 1.03 bits per heavy atom. The van der Waals surface area contributed by atoms with Crippen LogP contribution in [0.2, 0.25) is 0 Å². The van der Waals surface area contributed by atoms with Crippen LogP contribution in [0.4, 0.5) is 0 Å². The van der Waals surface area contributed by atoms with Crippen molar-refractivity contribution < 1.29 is 34.0 Å². The van der Waals surface area contributed by atoms with Crippen LogP contribution in [0, 0.1) is 0 Å². The molecule has 0 bridgehead atoms. The molecule has 0 fully saturated rings. The van der Waals surface area contributed by atoms with Crippen molar-refractivity contribution in [2.75, 3.05) is 13.7 Å². The van der Waals surface area contributed by atoms with Crippen molar-refractivity contribution in [1.29, 1.82) is 0 Å². The summed E-state index contributed by atoms with van der Waals surface area (Å²) in [7, 11) is 1.55. The lowest BCUT2D eigenvalue weighted by Crippen LogP contribution is -2.18. The van der Waals surface area contributed by atoms with Crippen LogP contribution < -0.4 is 14.3 Å². The summed E-state index contributed by atoms with van der Waals surface area (Å²) in [4.78, 5) is 36.8. The highest BCUT2D eigenvalue weighted by Crippen LogP contribution is 2.25. The van der Waals surface area contributed by atoms with Gasteiger partial charge in [0.05, 0.1) is 12.0 Å². The van der Waals surface area contributed by atoms with Crippen molar-refractivity contribution in [3.05, 3.63) is 74.2 Å². The Bertz CT molecular complexity index is 1150. The molecule has 0 spiro atoms. The molecule has 180 valence electrons. The molecule has 3 N–H and O–H groups in total. The average Bonchev–Trinajstić information content (AvgIpc) is 3.13. The topological polar surface area (TPSA) is 135 Å². The second-order valence-electron chi connectivity index (χ2n) is 7.42. The van der Waals surface area contributed by atoms with Crippen LogP contribution >= 0.6 is 11.3 Å². The van der Waals surface area contributed by atoms with Crippen LogP contribution in [0.3, 0.4) is 0 Å². The molecule has 0 saturated heterocycles.